The van der Waals surface area contributed by atoms with Gasteiger partial charge in [0.1, 0.15) is 0 Å². The Morgan fingerprint density at radius 2 is 1.00 bits per heavy atom. The number of carbonyl (C=O) groups excluding carboxylic acids is 2. The van der Waals surface area contributed by atoms with Crippen LogP contribution in [0.5, 0.6) is 0 Å². The molecule has 0 radical (unpaired) electrons. The lowest BCUT2D eigenvalue weighted by Crippen LogP contribution is -2.24. The van der Waals surface area contributed by atoms with E-state index in [2.05, 4.69) is 24.5 Å². The second-order valence-corrected chi connectivity index (χ2v) is 6.03. The van der Waals surface area contributed by atoms with E-state index in [9.17, 15) is 9.59 Å². The fourth-order valence-electron chi connectivity index (χ4n) is 2.31. The molecule has 2 N–H and O–H groups in total. The van der Waals surface area contributed by atoms with E-state index in [0.717, 1.165) is 51.6 Å². The molecule has 0 spiro atoms. The summed E-state index contributed by atoms with van der Waals surface area (Å²) in [7, 11) is 0. The topological polar surface area (TPSA) is 58.2 Å². The first kappa shape index (κ1) is 20.9. The van der Waals surface area contributed by atoms with Gasteiger partial charge in [-0.2, -0.15) is 0 Å². The van der Waals surface area contributed by atoms with Crippen LogP contribution in [0.25, 0.3) is 0 Å². The van der Waals surface area contributed by atoms with Crippen molar-refractivity contribution in [3.05, 3.63) is 0 Å². The van der Waals surface area contributed by atoms with Gasteiger partial charge in [-0.05, 0) is 25.7 Å². The number of carbonyl (C=O) groups is 2. The zero-order chi connectivity index (χ0) is 16.5. The second-order valence-electron chi connectivity index (χ2n) is 6.03. The van der Waals surface area contributed by atoms with Crippen LogP contribution in [0.4, 0.5) is 0 Å². The third kappa shape index (κ3) is 15.3. The molecular formula is C18H36N2O2. The summed E-state index contributed by atoms with van der Waals surface area (Å²) >= 11 is 0. The minimum Gasteiger partial charge on any atom is -0.356 e. The molecule has 4 nitrogen and oxygen atoms in total. The monoisotopic (exact) mass is 312 g/mol. The summed E-state index contributed by atoms with van der Waals surface area (Å²) < 4.78 is 0. The third-order valence-electron chi connectivity index (χ3n) is 3.76. The maximum Gasteiger partial charge on any atom is 0.219 e. The Kier molecular flexibility index (Phi) is 15.5. The molecule has 0 aliphatic heterocycles. The van der Waals surface area contributed by atoms with Crippen molar-refractivity contribution in [1.29, 1.82) is 0 Å². The zero-order valence-electron chi connectivity index (χ0n) is 14.7. The van der Waals surface area contributed by atoms with Crippen LogP contribution in [0.3, 0.4) is 0 Å². The fraction of sp³-hybridized carbons (Fsp3) is 0.889. The molecule has 0 unspecified atom stereocenters. The minimum atomic E-state index is 0.171. The number of rotatable bonds is 15. The van der Waals surface area contributed by atoms with Crippen LogP contribution in [0.2, 0.25) is 0 Å². The van der Waals surface area contributed by atoms with Gasteiger partial charge < -0.3 is 10.6 Å². The Morgan fingerprint density at radius 3 is 1.36 bits per heavy atom. The lowest BCUT2D eigenvalue weighted by molar-refractivity contribution is -0.122. The summed E-state index contributed by atoms with van der Waals surface area (Å²) in [5, 5.41) is 5.91. The Hall–Kier alpha value is -1.06. The van der Waals surface area contributed by atoms with E-state index in [1.165, 1.54) is 25.7 Å². The van der Waals surface area contributed by atoms with Crippen molar-refractivity contribution < 1.29 is 9.59 Å². The summed E-state index contributed by atoms with van der Waals surface area (Å²) in [5.74, 6) is 0.342. The Labute approximate surface area is 136 Å². The van der Waals surface area contributed by atoms with Crippen molar-refractivity contribution >= 4 is 11.8 Å². The molecule has 22 heavy (non-hydrogen) atoms. The standard InChI is InChI=1S/C18H36N2O2/c1-3-5-11-15-19-17(21)13-9-7-8-10-14-18(22)20-16-12-6-4-2/h3-16H2,1-2H3,(H,19,21)(H,20,22). The fourth-order valence-corrected chi connectivity index (χ4v) is 2.31. The van der Waals surface area contributed by atoms with E-state index in [0.29, 0.717) is 12.8 Å². The van der Waals surface area contributed by atoms with Crippen LogP contribution in [0, 0.1) is 0 Å². The van der Waals surface area contributed by atoms with Crippen molar-refractivity contribution in [2.45, 2.75) is 90.9 Å². The van der Waals surface area contributed by atoms with Gasteiger partial charge in [0.2, 0.25) is 11.8 Å². The molecule has 0 heterocycles. The molecule has 0 bridgehead atoms. The molecule has 0 atom stereocenters. The predicted molar refractivity (Wildman–Crippen MR) is 92.8 cm³/mol. The second kappa shape index (κ2) is 16.3. The first-order valence-corrected chi connectivity index (χ1v) is 9.24. The van der Waals surface area contributed by atoms with Gasteiger partial charge in [0.15, 0.2) is 0 Å². The lowest BCUT2D eigenvalue weighted by Gasteiger charge is -2.06. The Balaban J connectivity index is 3.28. The normalized spacial score (nSPS) is 10.5. The number of hydrogen-bond acceptors (Lipinski definition) is 2. The number of unbranched alkanes of at least 4 members (excludes halogenated alkanes) is 7. The van der Waals surface area contributed by atoms with Crippen LogP contribution >= 0.6 is 0 Å². The average Bonchev–Trinajstić information content (AvgIpc) is 2.51. The molecule has 0 aromatic carbocycles. The maximum atomic E-state index is 11.5. The van der Waals surface area contributed by atoms with Gasteiger partial charge in [0.25, 0.3) is 0 Å². The van der Waals surface area contributed by atoms with E-state index in [-0.39, 0.29) is 11.8 Å². The van der Waals surface area contributed by atoms with Crippen LogP contribution in [0.15, 0.2) is 0 Å². The van der Waals surface area contributed by atoms with Crippen molar-refractivity contribution in [2.24, 2.45) is 0 Å². The number of nitrogens with one attached hydrogen (secondary N) is 2. The van der Waals surface area contributed by atoms with Gasteiger partial charge in [-0.15, -0.1) is 0 Å². The highest BCUT2D eigenvalue weighted by molar-refractivity contribution is 5.76. The Morgan fingerprint density at radius 1 is 0.591 bits per heavy atom. The first-order valence-electron chi connectivity index (χ1n) is 9.24. The number of hydrogen-bond donors (Lipinski definition) is 2. The van der Waals surface area contributed by atoms with E-state index in [1.54, 1.807) is 0 Å². The molecule has 0 aliphatic carbocycles. The van der Waals surface area contributed by atoms with Gasteiger partial charge in [-0.25, -0.2) is 0 Å². The first-order chi connectivity index (χ1) is 10.7. The summed E-state index contributed by atoms with van der Waals surface area (Å²) in [6.07, 6.45) is 12.0. The maximum absolute atomic E-state index is 11.5. The molecule has 130 valence electrons. The van der Waals surface area contributed by atoms with Crippen LogP contribution in [-0.2, 0) is 9.59 Å². The minimum absolute atomic E-state index is 0.171. The van der Waals surface area contributed by atoms with E-state index < -0.39 is 0 Å². The van der Waals surface area contributed by atoms with E-state index in [1.807, 2.05) is 0 Å². The van der Waals surface area contributed by atoms with Crippen molar-refractivity contribution in [2.75, 3.05) is 13.1 Å². The van der Waals surface area contributed by atoms with Gasteiger partial charge >= 0.3 is 0 Å². The molecule has 4 heteroatoms. The van der Waals surface area contributed by atoms with Crippen molar-refractivity contribution in [3.8, 4) is 0 Å². The largest absolute Gasteiger partial charge is 0.356 e. The van der Waals surface area contributed by atoms with Crippen LogP contribution < -0.4 is 10.6 Å². The molecule has 0 aromatic rings. The van der Waals surface area contributed by atoms with Crippen LogP contribution in [0.1, 0.15) is 90.9 Å². The molecule has 0 saturated heterocycles. The average molecular weight is 312 g/mol. The van der Waals surface area contributed by atoms with E-state index in [4.69, 9.17) is 0 Å². The smallest absolute Gasteiger partial charge is 0.219 e. The zero-order valence-corrected chi connectivity index (χ0v) is 14.7. The molecule has 0 aromatic heterocycles. The van der Waals surface area contributed by atoms with Crippen molar-refractivity contribution in [3.63, 3.8) is 0 Å². The summed E-state index contributed by atoms with van der Waals surface area (Å²) in [6, 6.07) is 0. The van der Waals surface area contributed by atoms with Gasteiger partial charge in [-0.3, -0.25) is 9.59 Å². The molecule has 0 rings (SSSR count). The highest BCUT2D eigenvalue weighted by Crippen LogP contribution is 2.05. The van der Waals surface area contributed by atoms with Crippen LogP contribution in [-0.4, -0.2) is 24.9 Å². The van der Waals surface area contributed by atoms with Gasteiger partial charge in [0, 0.05) is 25.9 Å². The molecule has 0 fully saturated rings. The molecule has 2 amide bonds. The molecular weight excluding hydrogens is 276 g/mol. The predicted octanol–water partition coefficient (Wildman–Crippen LogP) is 3.94. The van der Waals surface area contributed by atoms with E-state index >= 15 is 0 Å². The molecule has 0 saturated carbocycles. The lowest BCUT2D eigenvalue weighted by atomic mass is 10.1. The third-order valence-corrected chi connectivity index (χ3v) is 3.76. The highest BCUT2D eigenvalue weighted by Gasteiger charge is 2.02. The molecule has 0 aliphatic rings. The van der Waals surface area contributed by atoms with Crippen molar-refractivity contribution in [1.82, 2.24) is 10.6 Å². The van der Waals surface area contributed by atoms with Gasteiger partial charge in [-0.1, -0.05) is 52.4 Å². The summed E-state index contributed by atoms with van der Waals surface area (Å²) in [6.45, 7) is 5.94. The highest BCUT2D eigenvalue weighted by atomic mass is 16.2. The summed E-state index contributed by atoms with van der Waals surface area (Å²) in [4.78, 5) is 23.1. The number of amides is 2. The summed E-state index contributed by atoms with van der Waals surface area (Å²) in [5.41, 5.74) is 0. The van der Waals surface area contributed by atoms with Gasteiger partial charge in [0.05, 0.1) is 0 Å². The Bertz CT molecular complexity index is 252. The SMILES string of the molecule is CCCCCNC(=O)CCCCCCC(=O)NCCCCC. The quantitative estimate of drug-likeness (QED) is 0.450.